The third-order valence-corrected chi connectivity index (χ3v) is 7.64. The predicted molar refractivity (Wildman–Crippen MR) is 121 cm³/mol. The van der Waals surface area contributed by atoms with Crippen LogP contribution in [0.4, 0.5) is 5.69 Å². The number of rotatable bonds is 4. The summed E-state index contributed by atoms with van der Waals surface area (Å²) in [4.78, 5) is 15.4. The minimum absolute atomic E-state index is 0.00577. The van der Waals surface area contributed by atoms with Crippen LogP contribution in [0.3, 0.4) is 0 Å². The molecule has 1 fully saturated rings. The van der Waals surface area contributed by atoms with E-state index < -0.39 is 9.70 Å². The number of amidine groups is 1. The van der Waals surface area contributed by atoms with Gasteiger partial charge in [-0.2, -0.15) is 0 Å². The van der Waals surface area contributed by atoms with Gasteiger partial charge in [-0.1, -0.05) is 106 Å². The van der Waals surface area contributed by atoms with Gasteiger partial charge < -0.3 is 0 Å². The van der Waals surface area contributed by atoms with Gasteiger partial charge >= 0.3 is 0 Å². The minimum atomic E-state index is -0.850. The average Bonchev–Trinajstić information content (AvgIpc) is 3.00. The zero-order valence-corrected chi connectivity index (χ0v) is 17.7. The number of carbonyl (C=O) groups is 1. The number of halogens is 1. The maximum Gasteiger partial charge on any atom is 0.179 e. The first-order valence-electron chi connectivity index (χ1n) is 8.97. The van der Waals surface area contributed by atoms with Crippen LogP contribution in [0, 0.1) is 12.3 Å². The van der Waals surface area contributed by atoms with E-state index in [9.17, 15) is 4.79 Å². The van der Waals surface area contributed by atoms with Gasteiger partial charge in [0.1, 0.15) is 9.70 Å². The van der Waals surface area contributed by atoms with Crippen LogP contribution >= 0.6 is 27.7 Å². The molecule has 1 N–H and O–H groups in total. The number of aryl methyl sites for hydroxylation is 1. The zero-order valence-electron chi connectivity index (χ0n) is 15.3. The molecule has 0 saturated carbocycles. The summed E-state index contributed by atoms with van der Waals surface area (Å²) < 4.78 is -0.850. The number of carbonyl (C=O) groups excluding carboxylic acids is 1. The van der Waals surface area contributed by atoms with Gasteiger partial charge in [0, 0.05) is 11.3 Å². The smallest absolute Gasteiger partial charge is 0.179 e. The number of alkyl halides is 1. The fourth-order valence-corrected chi connectivity index (χ4v) is 5.91. The summed E-state index contributed by atoms with van der Waals surface area (Å²) in [6, 6.07) is 27.2. The largest absolute Gasteiger partial charge is 0.300 e. The maximum absolute atomic E-state index is 13.5. The van der Waals surface area contributed by atoms with E-state index in [1.54, 1.807) is 0 Å². The number of anilines is 1. The fourth-order valence-electron chi connectivity index (χ4n) is 3.44. The Morgan fingerprint density at radius 1 is 0.964 bits per heavy atom. The molecule has 140 valence electrons. The summed E-state index contributed by atoms with van der Waals surface area (Å²) in [7, 11) is 0. The molecule has 4 rings (SSSR count). The molecule has 1 saturated heterocycles. The first kappa shape index (κ1) is 19.0. The molecule has 1 heterocycles. The van der Waals surface area contributed by atoms with Crippen LogP contribution in [0.5, 0.6) is 0 Å². The molecule has 0 unspecified atom stereocenters. The Balaban J connectivity index is 1.87. The highest BCUT2D eigenvalue weighted by molar-refractivity contribution is 9.10. The first-order valence-corrected chi connectivity index (χ1v) is 10.6. The number of benzene rings is 3. The second-order valence-electron chi connectivity index (χ2n) is 6.74. The van der Waals surface area contributed by atoms with Gasteiger partial charge in [0.25, 0.3) is 0 Å². The van der Waals surface area contributed by atoms with E-state index >= 15 is 0 Å². The van der Waals surface area contributed by atoms with Crippen LogP contribution in [0.15, 0.2) is 84.9 Å². The van der Waals surface area contributed by atoms with Crippen molar-refractivity contribution in [3.8, 4) is 0 Å². The molecule has 5 heteroatoms. The number of Topliss-reactive ketones (excluding diaryl/α,β-unsaturated/α-hetero) is 1. The molecular formula is C23H19BrN2OS. The van der Waals surface area contributed by atoms with Gasteiger partial charge in [-0.25, -0.2) is 0 Å². The SMILES string of the molecule is Cc1ccc([C@]2(Br)[C@H](C(=O)c3ccccc3)SC(=N)N2c2ccccc2)cc1. The van der Waals surface area contributed by atoms with Crippen molar-refractivity contribution in [3.63, 3.8) is 0 Å². The predicted octanol–water partition coefficient (Wildman–Crippen LogP) is 5.98. The lowest BCUT2D eigenvalue weighted by atomic mass is 9.95. The monoisotopic (exact) mass is 450 g/mol. The third kappa shape index (κ3) is 3.19. The van der Waals surface area contributed by atoms with Gasteiger partial charge in [0.15, 0.2) is 11.0 Å². The van der Waals surface area contributed by atoms with Crippen LogP contribution in [0.2, 0.25) is 0 Å². The molecule has 0 aliphatic carbocycles. The second kappa shape index (κ2) is 7.57. The Kier molecular flexibility index (Phi) is 5.13. The normalized spacial score (nSPS) is 21.7. The number of thioether (sulfide) groups is 1. The van der Waals surface area contributed by atoms with Gasteiger partial charge in [-0.05, 0) is 24.6 Å². The van der Waals surface area contributed by atoms with Crippen LogP contribution in [0.1, 0.15) is 21.5 Å². The van der Waals surface area contributed by atoms with E-state index in [-0.39, 0.29) is 5.78 Å². The van der Waals surface area contributed by atoms with Gasteiger partial charge in [0.2, 0.25) is 0 Å². The number of para-hydroxylation sites is 1. The summed E-state index contributed by atoms with van der Waals surface area (Å²) in [5.74, 6) is 0.00577. The summed E-state index contributed by atoms with van der Waals surface area (Å²) in [5.41, 5.74) is 3.63. The molecule has 0 amide bonds. The lowest BCUT2D eigenvalue weighted by Crippen LogP contribution is -2.46. The zero-order chi connectivity index (χ0) is 19.7. The standard InChI is InChI=1S/C23H19BrN2OS/c1-16-12-14-18(15-13-16)23(24)21(20(27)17-8-4-2-5-9-17)28-22(25)26(23)19-10-6-3-7-11-19/h2-15,21,25H,1H3/t21-,23+/m0/s1. The highest BCUT2D eigenvalue weighted by Crippen LogP contribution is 2.53. The second-order valence-corrected chi connectivity index (χ2v) is 9.05. The highest BCUT2D eigenvalue weighted by Gasteiger charge is 2.55. The van der Waals surface area contributed by atoms with Crippen molar-refractivity contribution in [2.75, 3.05) is 4.90 Å². The van der Waals surface area contributed by atoms with E-state index in [0.717, 1.165) is 16.8 Å². The molecule has 2 atom stereocenters. The van der Waals surface area contributed by atoms with Crippen LogP contribution < -0.4 is 4.90 Å². The van der Waals surface area contributed by atoms with E-state index in [2.05, 4.69) is 15.9 Å². The molecule has 1 aliphatic heterocycles. The average molecular weight is 451 g/mol. The Hall–Kier alpha value is -2.37. The van der Waals surface area contributed by atoms with Crippen molar-refractivity contribution in [2.45, 2.75) is 16.6 Å². The molecule has 28 heavy (non-hydrogen) atoms. The van der Waals surface area contributed by atoms with Gasteiger partial charge in [0.05, 0.1) is 0 Å². The minimum Gasteiger partial charge on any atom is -0.300 e. The van der Waals surface area contributed by atoms with Crippen molar-refractivity contribution < 1.29 is 4.79 Å². The Labute approximate surface area is 177 Å². The quantitative estimate of drug-likeness (QED) is 0.301. The van der Waals surface area contributed by atoms with E-state index in [4.69, 9.17) is 5.41 Å². The van der Waals surface area contributed by atoms with Gasteiger partial charge in [-0.3, -0.25) is 15.1 Å². The number of ketones is 1. The Morgan fingerprint density at radius 3 is 2.14 bits per heavy atom. The topological polar surface area (TPSA) is 44.2 Å². The first-order chi connectivity index (χ1) is 13.5. The number of nitrogens with zero attached hydrogens (tertiary/aromatic N) is 1. The van der Waals surface area contributed by atoms with Crippen molar-refractivity contribution in [2.24, 2.45) is 0 Å². The summed E-state index contributed by atoms with van der Waals surface area (Å²) in [5, 5.41) is 8.53. The molecule has 3 nitrogen and oxygen atoms in total. The van der Waals surface area contributed by atoms with E-state index in [1.165, 1.54) is 11.8 Å². The molecule has 0 spiro atoms. The molecular weight excluding hydrogens is 432 g/mol. The summed E-state index contributed by atoms with van der Waals surface area (Å²) in [6.45, 7) is 2.04. The van der Waals surface area contributed by atoms with Crippen molar-refractivity contribution in [1.29, 1.82) is 5.41 Å². The van der Waals surface area contributed by atoms with Crippen molar-refractivity contribution in [1.82, 2.24) is 0 Å². The molecule has 3 aromatic carbocycles. The lowest BCUT2D eigenvalue weighted by molar-refractivity contribution is 0.0979. The van der Waals surface area contributed by atoms with E-state index in [1.807, 2.05) is 96.8 Å². The molecule has 0 radical (unpaired) electrons. The number of hydrogen-bond acceptors (Lipinski definition) is 3. The lowest BCUT2D eigenvalue weighted by Gasteiger charge is -2.37. The van der Waals surface area contributed by atoms with Crippen LogP contribution in [-0.2, 0) is 4.45 Å². The summed E-state index contributed by atoms with van der Waals surface area (Å²) in [6.07, 6.45) is 0. The number of nitrogens with one attached hydrogen (secondary N) is 1. The van der Waals surface area contributed by atoms with Crippen molar-refractivity contribution >= 4 is 44.3 Å². The maximum atomic E-state index is 13.5. The Morgan fingerprint density at radius 2 is 1.54 bits per heavy atom. The molecule has 1 aliphatic rings. The summed E-state index contributed by atoms with van der Waals surface area (Å²) >= 11 is 5.22. The highest BCUT2D eigenvalue weighted by atomic mass is 79.9. The third-order valence-electron chi connectivity index (χ3n) is 4.87. The van der Waals surface area contributed by atoms with E-state index in [0.29, 0.717) is 10.7 Å². The fraction of sp³-hybridized carbons (Fsp3) is 0.130. The van der Waals surface area contributed by atoms with Crippen LogP contribution in [0.25, 0.3) is 0 Å². The molecule has 3 aromatic rings. The number of hydrogen-bond donors (Lipinski definition) is 1. The van der Waals surface area contributed by atoms with Crippen LogP contribution in [-0.4, -0.2) is 16.2 Å². The molecule has 0 bridgehead atoms. The molecule has 0 aromatic heterocycles. The van der Waals surface area contributed by atoms with Crippen molar-refractivity contribution in [3.05, 3.63) is 102 Å². The van der Waals surface area contributed by atoms with Gasteiger partial charge in [-0.15, -0.1) is 0 Å². The Bertz CT molecular complexity index is 1010.